The lowest BCUT2D eigenvalue weighted by Gasteiger charge is -2.29. The lowest BCUT2D eigenvalue weighted by atomic mass is 10.1. The molecule has 0 bridgehead atoms. The minimum atomic E-state index is -0.988. The first-order valence-electron chi connectivity index (χ1n) is 6.08. The summed E-state index contributed by atoms with van der Waals surface area (Å²) in [7, 11) is 0. The summed E-state index contributed by atoms with van der Waals surface area (Å²) in [6, 6.07) is -0.351. The number of nitrogens with one attached hydrogen (secondary N) is 1. The van der Waals surface area contributed by atoms with Gasteiger partial charge in [0.2, 0.25) is 0 Å². The topological polar surface area (TPSA) is 69.6 Å². The van der Waals surface area contributed by atoms with E-state index in [0.29, 0.717) is 5.92 Å². The number of hydrogen-bond acceptors (Lipinski definition) is 2. The minimum absolute atomic E-state index is 0.0304. The second kappa shape index (κ2) is 7.14. The molecule has 2 amide bonds. The van der Waals surface area contributed by atoms with Crippen LogP contribution in [0, 0.1) is 5.92 Å². The minimum Gasteiger partial charge on any atom is -0.480 e. The van der Waals surface area contributed by atoms with Gasteiger partial charge in [0.25, 0.3) is 0 Å². The van der Waals surface area contributed by atoms with Crippen LogP contribution in [0.5, 0.6) is 0 Å². The van der Waals surface area contributed by atoms with Crippen LogP contribution in [0.2, 0.25) is 0 Å². The summed E-state index contributed by atoms with van der Waals surface area (Å²) in [6.45, 7) is 9.45. The molecular formula is C12H24N2O3. The summed E-state index contributed by atoms with van der Waals surface area (Å²) in [4.78, 5) is 24.0. The smallest absolute Gasteiger partial charge is 0.323 e. The van der Waals surface area contributed by atoms with E-state index < -0.39 is 5.97 Å². The first-order chi connectivity index (χ1) is 7.79. The van der Waals surface area contributed by atoms with Crippen molar-refractivity contribution in [3.63, 3.8) is 0 Å². The van der Waals surface area contributed by atoms with E-state index in [4.69, 9.17) is 5.11 Å². The molecule has 2 unspecified atom stereocenters. The number of rotatable bonds is 6. The molecule has 0 heterocycles. The van der Waals surface area contributed by atoms with Crippen molar-refractivity contribution < 1.29 is 14.7 Å². The van der Waals surface area contributed by atoms with Crippen LogP contribution < -0.4 is 5.32 Å². The van der Waals surface area contributed by atoms with Gasteiger partial charge in [-0.1, -0.05) is 20.8 Å². The molecule has 0 saturated heterocycles. The largest absolute Gasteiger partial charge is 0.480 e. The van der Waals surface area contributed by atoms with Crippen molar-refractivity contribution >= 4 is 12.0 Å². The fourth-order valence-electron chi connectivity index (χ4n) is 1.24. The third-order valence-corrected chi connectivity index (χ3v) is 3.04. The van der Waals surface area contributed by atoms with Crippen LogP contribution in [0.15, 0.2) is 0 Å². The number of amides is 2. The van der Waals surface area contributed by atoms with Gasteiger partial charge in [0.15, 0.2) is 0 Å². The Labute approximate surface area is 103 Å². The van der Waals surface area contributed by atoms with Crippen molar-refractivity contribution in [2.24, 2.45) is 5.92 Å². The molecule has 0 aliphatic rings. The molecule has 2 atom stereocenters. The van der Waals surface area contributed by atoms with E-state index in [1.54, 1.807) is 0 Å². The van der Waals surface area contributed by atoms with E-state index in [0.717, 1.165) is 6.42 Å². The van der Waals surface area contributed by atoms with Gasteiger partial charge in [0.1, 0.15) is 6.54 Å². The number of urea groups is 1. The summed E-state index contributed by atoms with van der Waals surface area (Å²) in [5.74, 6) is -0.666. The van der Waals surface area contributed by atoms with Crippen LogP contribution in [0.1, 0.15) is 41.0 Å². The molecular weight excluding hydrogens is 220 g/mol. The van der Waals surface area contributed by atoms with Crippen LogP contribution >= 0.6 is 0 Å². The van der Waals surface area contributed by atoms with E-state index >= 15 is 0 Å². The highest BCUT2D eigenvalue weighted by atomic mass is 16.4. The van der Waals surface area contributed by atoms with E-state index in [1.807, 2.05) is 34.6 Å². The van der Waals surface area contributed by atoms with Gasteiger partial charge in [0, 0.05) is 12.1 Å². The molecule has 5 nitrogen and oxygen atoms in total. The Kier molecular flexibility index (Phi) is 6.61. The molecule has 2 N–H and O–H groups in total. The number of hydrogen-bond donors (Lipinski definition) is 2. The quantitative estimate of drug-likeness (QED) is 0.750. The Morgan fingerprint density at radius 3 is 2.12 bits per heavy atom. The van der Waals surface area contributed by atoms with E-state index in [9.17, 15) is 9.59 Å². The molecule has 0 aromatic rings. The van der Waals surface area contributed by atoms with Gasteiger partial charge in [-0.3, -0.25) is 4.79 Å². The second-order valence-electron chi connectivity index (χ2n) is 4.76. The van der Waals surface area contributed by atoms with E-state index in [2.05, 4.69) is 5.32 Å². The van der Waals surface area contributed by atoms with Crippen molar-refractivity contribution in [2.75, 3.05) is 6.54 Å². The molecule has 0 spiro atoms. The fourth-order valence-corrected chi connectivity index (χ4v) is 1.24. The van der Waals surface area contributed by atoms with Gasteiger partial charge in [-0.15, -0.1) is 0 Å². The highest BCUT2D eigenvalue weighted by Gasteiger charge is 2.23. The zero-order chi connectivity index (χ0) is 13.6. The fraction of sp³-hybridized carbons (Fsp3) is 0.833. The SMILES string of the molecule is CCC(C)N(CC(=O)O)C(=O)NC(C)C(C)C. The first-order valence-corrected chi connectivity index (χ1v) is 6.08. The van der Waals surface area contributed by atoms with Gasteiger partial charge in [0.05, 0.1) is 0 Å². The van der Waals surface area contributed by atoms with Crippen molar-refractivity contribution in [1.29, 1.82) is 0 Å². The molecule has 100 valence electrons. The molecule has 0 aromatic carbocycles. The standard InChI is InChI=1S/C12H24N2O3/c1-6-9(4)14(7-11(15)16)12(17)13-10(5)8(2)3/h8-10H,6-7H2,1-5H3,(H,13,17)(H,15,16). The number of carboxylic acids is 1. The van der Waals surface area contributed by atoms with Gasteiger partial charge in [-0.25, -0.2) is 4.79 Å². The Bertz CT molecular complexity index is 266. The third-order valence-electron chi connectivity index (χ3n) is 3.04. The van der Waals surface area contributed by atoms with E-state index in [-0.39, 0.29) is 24.7 Å². The third kappa shape index (κ3) is 5.56. The zero-order valence-electron chi connectivity index (χ0n) is 11.4. The number of carbonyl (C=O) groups is 2. The van der Waals surface area contributed by atoms with Crippen LogP contribution in [-0.4, -0.2) is 40.6 Å². The van der Waals surface area contributed by atoms with Crippen LogP contribution in [-0.2, 0) is 4.79 Å². The highest BCUT2D eigenvalue weighted by molar-refractivity contribution is 5.80. The summed E-state index contributed by atoms with van der Waals surface area (Å²) in [5.41, 5.74) is 0. The van der Waals surface area contributed by atoms with Gasteiger partial charge < -0.3 is 15.3 Å². The maximum atomic E-state index is 11.9. The van der Waals surface area contributed by atoms with Crippen molar-refractivity contribution in [1.82, 2.24) is 10.2 Å². The number of carbonyl (C=O) groups excluding carboxylic acids is 1. The van der Waals surface area contributed by atoms with E-state index in [1.165, 1.54) is 4.90 Å². The molecule has 0 rings (SSSR count). The predicted molar refractivity (Wildman–Crippen MR) is 66.9 cm³/mol. The summed E-state index contributed by atoms with van der Waals surface area (Å²) in [6.07, 6.45) is 0.733. The Morgan fingerprint density at radius 2 is 1.76 bits per heavy atom. The Balaban J connectivity index is 4.58. The van der Waals surface area contributed by atoms with Crippen molar-refractivity contribution in [3.8, 4) is 0 Å². The summed E-state index contributed by atoms with van der Waals surface area (Å²) >= 11 is 0. The molecule has 0 radical (unpaired) electrons. The lowest BCUT2D eigenvalue weighted by Crippen LogP contribution is -2.50. The normalized spacial score (nSPS) is 14.2. The molecule has 0 aromatic heterocycles. The van der Waals surface area contributed by atoms with Gasteiger partial charge in [-0.05, 0) is 26.2 Å². The summed E-state index contributed by atoms with van der Waals surface area (Å²) < 4.78 is 0. The summed E-state index contributed by atoms with van der Waals surface area (Å²) in [5, 5.41) is 11.6. The lowest BCUT2D eigenvalue weighted by molar-refractivity contribution is -0.138. The average Bonchev–Trinajstić information content (AvgIpc) is 2.24. The Hall–Kier alpha value is -1.26. The van der Waals surface area contributed by atoms with Crippen molar-refractivity contribution in [3.05, 3.63) is 0 Å². The number of aliphatic carboxylic acids is 1. The predicted octanol–water partition coefficient (Wildman–Crippen LogP) is 1.93. The molecule has 0 saturated carbocycles. The van der Waals surface area contributed by atoms with Gasteiger partial charge >= 0.3 is 12.0 Å². The molecule has 17 heavy (non-hydrogen) atoms. The van der Waals surface area contributed by atoms with Crippen LogP contribution in [0.3, 0.4) is 0 Å². The molecule has 5 heteroatoms. The van der Waals surface area contributed by atoms with Crippen LogP contribution in [0.25, 0.3) is 0 Å². The molecule has 0 aliphatic heterocycles. The molecule has 0 fully saturated rings. The Morgan fingerprint density at radius 1 is 1.24 bits per heavy atom. The first kappa shape index (κ1) is 15.7. The molecule has 0 aliphatic carbocycles. The maximum absolute atomic E-state index is 11.9. The number of nitrogens with zero attached hydrogens (tertiary/aromatic N) is 1. The highest BCUT2D eigenvalue weighted by Crippen LogP contribution is 2.06. The average molecular weight is 244 g/mol. The second-order valence-corrected chi connectivity index (χ2v) is 4.76. The zero-order valence-corrected chi connectivity index (χ0v) is 11.4. The van der Waals surface area contributed by atoms with Crippen molar-refractivity contribution in [2.45, 2.75) is 53.1 Å². The van der Waals surface area contributed by atoms with Crippen LogP contribution in [0.4, 0.5) is 4.79 Å². The monoisotopic (exact) mass is 244 g/mol. The maximum Gasteiger partial charge on any atom is 0.323 e. The van der Waals surface area contributed by atoms with Gasteiger partial charge in [-0.2, -0.15) is 0 Å². The number of carboxylic acid groups (broad SMARTS) is 1.